The van der Waals surface area contributed by atoms with Crippen molar-refractivity contribution < 1.29 is 13.9 Å². The molecule has 0 saturated heterocycles. The number of ether oxygens (including phenoxy) is 1. The first kappa shape index (κ1) is 20.4. The van der Waals surface area contributed by atoms with Gasteiger partial charge in [-0.2, -0.15) is 5.10 Å². The fraction of sp³-hybridized carbons (Fsp3) is 0.120. The first-order valence-electron chi connectivity index (χ1n) is 10.4. The van der Waals surface area contributed by atoms with Crippen LogP contribution >= 0.6 is 0 Å². The van der Waals surface area contributed by atoms with Crippen LogP contribution in [0.3, 0.4) is 0 Å². The average Bonchev–Trinajstić information content (AvgIpc) is 3.45. The van der Waals surface area contributed by atoms with Gasteiger partial charge in [-0.1, -0.05) is 24.3 Å². The first-order valence-corrected chi connectivity index (χ1v) is 10.4. The van der Waals surface area contributed by atoms with Crippen molar-refractivity contribution in [3.8, 4) is 17.1 Å². The predicted molar refractivity (Wildman–Crippen MR) is 121 cm³/mol. The fourth-order valence-corrected chi connectivity index (χ4v) is 3.53. The van der Waals surface area contributed by atoms with Gasteiger partial charge in [0, 0.05) is 18.5 Å². The molecule has 4 aromatic heterocycles. The molecule has 0 aliphatic heterocycles. The van der Waals surface area contributed by atoms with Crippen LogP contribution in [0.25, 0.3) is 22.8 Å². The number of aryl methyl sites for hydroxylation is 2. The maximum atomic E-state index is 13.0. The number of pyridine rings is 1. The molecule has 4 heterocycles. The van der Waals surface area contributed by atoms with E-state index in [2.05, 4.69) is 10.1 Å². The molecule has 0 aliphatic carbocycles. The number of hydrogen-bond donors (Lipinski definition) is 0. The van der Waals surface area contributed by atoms with E-state index >= 15 is 0 Å². The number of esters is 1. The highest BCUT2D eigenvalue weighted by atomic mass is 16.5. The van der Waals surface area contributed by atoms with Gasteiger partial charge in [0.05, 0.1) is 11.4 Å². The van der Waals surface area contributed by atoms with E-state index in [-0.39, 0.29) is 17.7 Å². The molecule has 164 valence electrons. The molecule has 0 atom stereocenters. The zero-order valence-electron chi connectivity index (χ0n) is 18.1. The molecule has 0 N–H and O–H groups in total. The monoisotopic (exact) mass is 440 g/mol. The first-order chi connectivity index (χ1) is 16.0. The summed E-state index contributed by atoms with van der Waals surface area (Å²) in [7, 11) is 0. The van der Waals surface area contributed by atoms with Gasteiger partial charge in [-0.3, -0.25) is 9.20 Å². The van der Waals surface area contributed by atoms with E-state index in [1.54, 1.807) is 35.3 Å². The molecular formula is C25H20N4O4. The second kappa shape index (κ2) is 8.23. The molecule has 5 aromatic rings. The number of carbonyl (C=O) groups is 1. The largest absolute Gasteiger partial charge is 0.460 e. The Hall–Kier alpha value is -4.46. The summed E-state index contributed by atoms with van der Waals surface area (Å²) in [5, 5.41) is 4.56. The maximum Gasteiger partial charge on any atom is 0.342 e. The Balaban J connectivity index is 1.45. The molecule has 33 heavy (non-hydrogen) atoms. The third-order valence-electron chi connectivity index (χ3n) is 5.14. The molecule has 0 spiro atoms. The predicted octanol–water partition coefficient (Wildman–Crippen LogP) is 4.11. The molecule has 1 aromatic carbocycles. The van der Waals surface area contributed by atoms with E-state index in [1.807, 2.05) is 50.2 Å². The Kier molecular flexibility index (Phi) is 5.10. The van der Waals surface area contributed by atoms with Crippen molar-refractivity contribution in [2.75, 3.05) is 0 Å². The van der Waals surface area contributed by atoms with Gasteiger partial charge in [0.2, 0.25) is 0 Å². The van der Waals surface area contributed by atoms with Crippen LogP contribution in [-0.4, -0.2) is 25.1 Å². The van der Waals surface area contributed by atoms with E-state index in [0.717, 1.165) is 11.3 Å². The maximum absolute atomic E-state index is 13.0. The molecule has 0 fully saturated rings. The second-order valence-corrected chi connectivity index (χ2v) is 7.68. The second-order valence-electron chi connectivity index (χ2n) is 7.68. The van der Waals surface area contributed by atoms with Crippen LogP contribution in [-0.2, 0) is 11.3 Å². The highest BCUT2D eigenvalue weighted by Gasteiger charge is 2.22. The zero-order valence-corrected chi connectivity index (χ0v) is 18.1. The number of nitrogens with zero attached hydrogens (tertiary/aromatic N) is 4. The standard InChI is InChI=1S/C25H20N4O4/c1-16-8-11-22-26-18(12-23(30)28(22)13-16)15-32-25(31)20-14-29(19-6-4-3-5-7-19)27-24(20)21-10-9-17(2)33-21/h3-14H,15H2,1-2H3. The number of para-hydroxylation sites is 1. The summed E-state index contributed by atoms with van der Waals surface area (Å²) in [4.78, 5) is 29.9. The fourth-order valence-electron chi connectivity index (χ4n) is 3.53. The molecule has 0 radical (unpaired) electrons. The van der Waals surface area contributed by atoms with Crippen molar-refractivity contribution in [3.05, 3.63) is 106 Å². The minimum Gasteiger partial charge on any atom is -0.460 e. The number of aromatic nitrogens is 4. The number of carbonyl (C=O) groups excluding carboxylic acids is 1. The van der Waals surface area contributed by atoms with Crippen molar-refractivity contribution in [2.24, 2.45) is 0 Å². The number of fused-ring (bicyclic) bond motifs is 1. The summed E-state index contributed by atoms with van der Waals surface area (Å²) >= 11 is 0. The molecule has 0 saturated carbocycles. The molecule has 8 nitrogen and oxygen atoms in total. The summed E-state index contributed by atoms with van der Waals surface area (Å²) < 4.78 is 14.3. The Labute approximate surface area is 188 Å². The summed E-state index contributed by atoms with van der Waals surface area (Å²) in [5.41, 5.74) is 2.98. The van der Waals surface area contributed by atoms with Crippen LogP contribution in [0, 0.1) is 13.8 Å². The lowest BCUT2D eigenvalue weighted by Crippen LogP contribution is -2.17. The van der Waals surface area contributed by atoms with Gasteiger partial charge in [0.25, 0.3) is 5.56 Å². The SMILES string of the molecule is Cc1ccc2nc(COC(=O)c3cn(-c4ccccc4)nc3-c3ccc(C)o3)cc(=O)n2c1. The van der Waals surface area contributed by atoms with Crippen LogP contribution in [0.5, 0.6) is 0 Å². The lowest BCUT2D eigenvalue weighted by molar-refractivity contribution is 0.0468. The minimum atomic E-state index is -0.591. The number of rotatable bonds is 5. The lowest BCUT2D eigenvalue weighted by atomic mass is 10.2. The van der Waals surface area contributed by atoms with Gasteiger partial charge in [0.15, 0.2) is 5.76 Å². The topological polar surface area (TPSA) is 91.6 Å². The van der Waals surface area contributed by atoms with Gasteiger partial charge in [-0.25, -0.2) is 14.5 Å². The molecule has 0 amide bonds. The summed E-state index contributed by atoms with van der Waals surface area (Å²) in [6.45, 7) is 3.57. The van der Waals surface area contributed by atoms with Gasteiger partial charge in [-0.05, 0) is 49.7 Å². The average molecular weight is 440 g/mol. The van der Waals surface area contributed by atoms with Crippen molar-refractivity contribution >= 4 is 11.6 Å². The quantitative estimate of drug-likeness (QED) is 0.382. The van der Waals surface area contributed by atoms with E-state index < -0.39 is 5.97 Å². The van der Waals surface area contributed by atoms with E-state index in [4.69, 9.17) is 9.15 Å². The van der Waals surface area contributed by atoms with Gasteiger partial charge >= 0.3 is 5.97 Å². The van der Waals surface area contributed by atoms with Crippen molar-refractivity contribution in [1.82, 2.24) is 19.2 Å². The molecule has 0 bridgehead atoms. The number of furan rings is 1. The molecular weight excluding hydrogens is 420 g/mol. The van der Waals surface area contributed by atoms with E-state index in [9.17, 15) is 9.59 Å². The van der Waals surface area contributed by atoms with Crippen LogP contribution < -0.4 is 5.56 Å². The molecule has 8 heteroatoms. The Morgan fingerprint density at radius 1 is 1.03 bits per heavy atom. The van der Waals surface area contributed by atoms with Crippen LogP contribution in [0.15, 0.2) is 82.3 Å². The molecule has 0 unspecified atom stereocenters. The summed E-state index contributed by atoms with van der Waals surface area (Å²) in [6.07, 6.45) is 3.33. The van der Waals surface area contributed by atoms with Crippen molar-refractivity contribution in [3.63, 3.8) is 0 Å². The lowest BCUT2D eigenvalue weighted by Gasteiger charge is -2.06. The Morgan fingerprint density at radius 3 is 2.61 bits per heavy atom. The minimum absolute atomic E-state index is 0.147. The molecule has 5 rings (SSSR count). The third kappa shape index (κ3) is 4.06. The van der Waals surface area contributed by atoms with Crippen LogP contribution in [0.1, 0.15) is 27.4 Å². The zero-order chi connectivity index (χ0) is 22.9. The van der Waals surface area contributed by atoms with Crippen molar-refractivity contribution in [2.45, 2.75) is 20.5 Å². The van der Waals surface area contributed by atoms with Gasteiger partial charge in [-0.15, -0.1) is 0 Å². The van der Waals surface area contributed by atoms with Crippen LogP contribution in [0.4, 0.5) is 0 Å². The Bertz CT molecular complexity index is 1530. The highest BCUT2D eigenvalue weighted by molar-refractivity contribution is 5.95. The number of hydrogen-bond acceptors (Lipinski definition) is 6. The third-order valence-corrected chi connectivity index (χ3v) is 5.14. The normalized spacial score (nSPS) is 11.1. The Morgan fingerprint density at radius 2 is 1.85 bits per heavy atom. The van der Waals surface area contributed by atoms with Gasteiger partial charge in [0.1, 0.15) is 29.3 Å². The van der Waals surface area contributed by atoms with Gasteiger partial charge < -0.3 is 9.15 Å². The summed E-state index contributed by atoms with van der Waals surface area (Å²) in [6, 6.07) is 18.0. The summed E-state index contributed by atoms with van der Waals surface area (Å²) in [5.74, 6) is 0.577. The highest BCUT2D eigenvalue weighted by Crippen LogP contribution is 2.26. The molecule has 0 aliphatic rings. The number of benzene rings is 1. The smallest absolute Gasteiger partial charge is 0.342 e. The van der Waals surface area contributed by atoms with E-state index in [1.165, 1.54) is 10.5 Å². The van der Waals surface area contributed by atoms with Crippen LogP contribution in [0.2, 0.25) is 0 Å². The van der Waals surface area contributed by atoms with Crippen molar-refractivity contribution in [1.29, 1.82) is 0 Å². The van der Waals surface area contributed by atoms with E-state index in [0.29, 0.717) is 28.6 Å².